The number of hydrogen-bond donors (Lipinski definition) is 4. The number of ether oxygens (including phenoxy) is 3. The number of aromatic nitrogens is 1. The Hall–Kier alpha value is -3.57. The lowest BCUT2D eigenvalue weighted by molar-refractivity contribution is -0.0272. The van der Waals surface area contributed by atoms with Crippen LogP contribution in [0.15, 0.2) is 53.1 Å². The molecule has 2 aromatic heterocycles. The molecule has 10 heteroatoms. The number of amides is 1. The fourth-order valence-electron chi connectivity index (χ4n) is 6.76. The van der Waals surface area contributed by atoms with Crippen LogP contribution in [0.4, 0.5) is 0 Å². The highest BCUT2D eigenvalue weighted by atomic mass is 16.5. The molecule has 1 saturated carbocycles. The maximum atomic E-state index is 13.3. The molecule has 1 amide bonds. The molecule has 0 bridgehead atoms. The molecule has 2 aromatic carbocycles. The standard InChI is InChI=1S/C36H47N3O7/c1-3-43-17-18-44-27-7-8-28-25(23-46-34(28)19-27)22-45-33-6-4-5-30-29(33)20-31(38-30)35(41)37-26-9-12-36(42,13-10-26)14-16-39-15-11-32(40)24(2)21-39/h4-8,19-20,23-24,26,32,38,40,42H,3,9-18,21-22H2,1-2H3,(H,37,41). The normalized spacial score (nSPS) is 24.0. The molecule has 1 aliphatic carbocycles. The molecule has 2 fully saturated rings. The van der Waals surface area contributed by atoms with E-state index < -0.39 is 5.60 Å². The second-order valence-corrected chi connectivity index (χ2v) is 13.0. The number of fused-ring (bicyclic) bond motifs is 2. The lowest BCUT2D eigenvalue weighted by atomic mass is 9.80. The fraction of sp³-hybridized carbons (Fsp3) is 0.528. The van der Waals surface area contributed by atoms with Crippen molar-refractivity contribution < 1.29 is 33.6 Å². The highest BCUT2D eigenvalue weighted by Gasteiger charge is 2.35. The maximum Gasteiger partial charge on any atom is 0.267 e. The Kier molecular flexibility index (Phi) is 10.2. The smallest absolute Gasteiger partial charge is 0.267 e. The number of piperidine rings is 1. The summed E-state index contributed by atoms with van der Waals surface area (Å²) in [6.45, 7) is 8.63. The van der Waals surface area contributed by atoms with Crippen LogP contribution < -0.4 is 14.8 Å². The summed E-state index contributed by atoms with van der Waals surface area (Å²) in [7, 11) is 0. The molecule has 0 spiro atoms. The van der Waals surface area contributed by atoms with Crippen LogP contribution in [-0.4, -0.2) is 83.2 Å². The Morgan fingerprint density at radius 3 is 2.76 bits per heavy atom. The highest BCUT2D eigenvalue weighted by molar-refractivity contribution is 5.99. The number of aliphatic hydroxyl groups is 2. The highest BCUT2D eigenvalue weighted by Crippen LogP contribution is 2.33. The van der Waals surface area contributed by atoms with Gasteiger partial charge in [-0.2, -0.15) is 0 Å². The van der Waals surface area contributed by atoms with Crippen molar-refractivity contribution in [2.75, 3.05) is 39.5 Å². The summed E-state index contributed by atoms with van der Waals surface area (Å²) >= 11 is 0. The number of aromatic amines is 1. The minimum Gasteiger partial charge on any atom is -0.491 e. The third kappa shape index (κ3) is 7.69. The van der Waals surface area contributed by atoms with E-state index in [1.54, 1.807) is 6.26 Å². The number of aliphatic hydroxyl groups excluding tert-OH is 1. The zero-order chi connectivity index (χ0) is 32.1. The molecule has 248 valence electrons. The first-order chi connectivity index (χ1) is 22.3. The number of likely N-dealkylation sites (tertiary alicyclic amines) is 1. The first kappa shape index (κ1) is 32.4. The molecule has 1 aliphatic heterocycles. The van der Waals surface area contributed by atoms with Gasteiger partial charge in [-0.1, -0.05) is 13.0 Å². The van der Waals surface area contributed by atoms with Crippen molar-refractivity contribution in [3.05, 3.63) is 60.0 Å². The molecule has 0 radical (unpaired) electrons. The van der Waals surface area contributed by atoms with Gasteiger partial charge in [-0.15, -0.1) is 0 Å². The summed E-state index contributed by atoms with van der Waals surface area (Å²) in [5.41, 5.74) is 2.26. The lowest BCUT2D eigenvalue weighted by Gasteiger charge is -2.39. The number of nitrogens with one attached hydrogen (secondary N) is 2. The quantitative estimate of drug-likeness (QED) is 0.144. The summed E-state index contributed by atoms with van der Waals surface area (Å²) in [5.74, 6) is 1.52. The van der Waals surface area contributed by atoms with Gasteiger partial charge in [-0.3, -0.25) is 4.79 Å². The van der Waals surface area contributed by atoms with E-state index in [9.17, 15) is 15.0 Å². The molecule has 1 saturated heterocycles. The molecule has 2 atom stereocenters. The molecule has 4 N–H and O–H groups in total. The van der Waals surface area contributed by atoms with Crippen molar-refractivity contribution in [2.24, 2.45) is 5.92 Å². The molecular weight excluding hydrogens is 586 g/mol. The summed E-state index contributed by atoms with van der Waals surface area (Å²) in [4.78, 5) is 18.9. The van der Waals surface area contributed by atoms with Gasteiger partial charge in [-0.05, 0) is 81.7 Å². The van der Waals surface area contributed by atoms with Crippen molar-refractivity contribution in [1.82, 2.24) is 15.2 Å². The van der Waals surface area contributed by atoms with Gasteiger partial charge in [0.1, 0.15) is 36.0 Å². The minimum atomic E-state index is -0.700. The van der Waals surface area contributed by atoms with E-state index in [1.807, 2.05) is 49.4 Å². The van der Waals surface area contributed by atoms with Gasteiger partial charge in [0.2, 0.25) is 0 Å². The van der Waals surface area contributed by atoms with Crippen molar-refractivity contribution in [1.29, 1.82) is 0 Å². The van der Waals surface area contributed by atoms with E-state index in [4.69, 9.17) is 18.6 Å². The lowest BCUT2D eigenvalue weighted by Crippen LogP contribution is -2.47. The average Bonchev–Trinajstić information content (AvgIpc) is 3.68. The Morgan fingerprint density at radius 2 is 1.96 bits per heavy atom. The zero-order valence-electron chi connectivity index (χ0n) is 26.9. The molecule has 10 nitrogen and oxygen atoms in total. The topological polar surface area (TPSA) is 129 Å². The van der Waals surface area contributed by atoms with Gasteiger partial charge in [0.15, 0.2) is 0 Å². The van der Waals surface area contributed by atoms with Gasteiger partial charge in [0.05, 0.1) is 24.6 Å². The van der Waals surface area contributed by atoms with Gasteiger partial charge >= 0.3 is 0 Å². The molecule has 46 heavy (non-hydrogen) atoms. The number of carbonyl (C=O) groups excluding carboxylic acids is 1. The predicted molar refractivity (Wildman–Crippen MR) is 176 cm³/mol. The van der Waals surface area contributed by atoms with Crippen LogP contribution in [0.1, 0.15) is 68.4 Å². The summed E-state index contributed by atoms with van der Waals surface area (Å²) in [5, 5.41) is 26.2. The van der Waals surface area contributed by atoms with Gasteiger partial charge in [0.25, 0.3) is 5.91 Å². The van der Waals surface area contributed by atoms with Crippen LogP contribution in [0.3, 0.4) is 0 Å². The summed E-state index contributed by atoms with van der Waals surface area (Å²) < 4.78 is 23.1. The van der Waals surface area contributed by atoms with Crippen molar-refractivity contribution in [3.63, 3.8) is 0 Å². The number of H-pyrrole nitrogens is 1. The van der Waals surface area contributed by atoms with Crippen molar-refractivity contribution in [3.8, 4) is 11.5 Å². The van der Waals surface area contributed by atoms with Crippen LogP contribution in [0.25, 0.3) is 21.9 Å². The molecule has 2 unspecified atom stereocenters. The largest absolute Gasteiger partial charge is 0.491 e. The van der Waals surface area contributed by atoms with Gasteiger partial charge in [0, 0.05) is 60.2 Å². The first-order valence-corrected chi connectivity index (χ1v) is 16.7. The fourth-order valence-corrected chi connectivity index (χ4v) is 6.76. The van der Waals surface area contributed by atoms with Crippen molar-refractivity contribution >= 4 is 27.8 Å². The third-order valence-electron chi connectivity index (χ3n) is 9.67. The van der Waals surface area contributed by atoms with E-state index in [0.717, 1.165) is 78.5 Å². The Labute approximate surface area is 270 Å². The summed E-state index contributed by atoms with van der Waals surface area (Å²) in [6, 6.07) is 13.4. The number of carbonyl (C=O) groups is 1. The molecular formula is C36H47N3O7. The molecule has 6 rings (SSSR count). The number of furan rings is 1. The Balaban J connectivity index is 1.01. The monoisotopic (exact) mass is 633 g/mol. The average molecular weight is 634 g/mol. The number of rotatable bonds is 13. The Morgan fingerprint density at radius 1 is 1.11 bits per heavy atom. The maximum absolute atomic E-state index is 13.3. The van der Waals surface area contributed by atoms with Crippen LogP contribution in [0.5, 0.6) is 11.5 Å². The SMILES string of the molecule is CCOCCOc1ccc2c(COc3cccc4[nH]c(C(=O)NC5CCC(O)(CCN6CCC(O)C(C)C6)CC5)cc34)coc2c1. The number of nitrogens with zero attached hydrogens (tertiary/aromatic N) is 1. The third-order valence-corrected chi connectivity index (χ3v) is 9.67. The number of hydrogen-bond acceptors (Lipinski definition) is 8. The van der Waals surface area contributed by atoms with E-state index in [2.05, 4.69) is 22.1 Å². The van der Waals surface area contributed by atoms with E-state index in [1.165, 1.54) is 0 Å². The minimum absolute atomic E-state index is 0.0185. The van der Waals surface area contributed by atoms with E-state index in [0.29, 0.717) is 50.7 Å². The second-order valence-electron chi connectivity index (χ2n) is 13.0. The predicted octanol–water partition coefficient (Wildman–Crippen LogP) is 5.40. The molecule has 3 heterocycles. The second kappa shape index (κ2) is 14.5. The van der Waals surface area contributed by atoms with Crippen LogP contribution in [0.2, 0.25) is 0 Å². The van der Waals surface area contributed by atoms with E-state index in [-0.39, 0.29) is 24.0 Å². The molecule has 2 aliphatic rings. The van der Waals surface area contributed by atoms with E-state index >= 15 is 0 Å². The van der Waals surface area contributed by atoms with Gasteiger partial charge in [-0.25, -0.2) is 0 Å². The van der Waals surface area contributed by atoms with Crippen LogP contribution in [-0.2, 0) is 11.3 Å². The van der Waals surface area contributed by atoms with Crippen molar-refractivity contribution in [2.45, 2.75) is 76.7 Å². The van der Waals surface area contributed by atoms with Gasteiger partial charge < -0.3 is 44.0 Å². The Bertz CT molecular complexity index is 1610. The summed E-state index contributed by atoms with van der Waals surface area (Å²) in [6.07, 6.45) is 5.82. The zero-order valence-corrected chi connectivity index (χ0v) is 26.9. The van der Waals surface area contributed by atoms with Crippen LogP contribution >= 0.6 is 0 Å². The first-order valence-electron chi connectivity index (χ1n) is 16.7. The molecule has 4 aromatic rings. The van der Waals surface area contributed by atoms with Crippen LogP contribution in [0, 0.1) is 5.92 Å². The number of benzene rings is 2.